The normalized spacial score (nSPS) is 12.0. The topological polar surface area (TPSA) is 86.1 Å². The first kappa shape index (κ1) is 21.7. The van der Waals surface area contributed by atoms with Gasteiger partial charge in [0, 0.05) is 12.7 Å². The fourth-order valence-electron chi connectivity index (χ4n) is 1.96. The lowest BCUT2D eigenvalue weighted by Gasteiger charge is -2.19. The summed E-state index contributed by atoms with van der Waals surface area (Å²) >= 11 is 1.10. The molecule has 0 saturated carbocycles. The van der Waals surface area contributed by atoms with Gasteiger partial charge in [0.2, 0.25) is 17.0 Å². The van der Waals surface area contributed by atoms with Crippen LogP contribution in [0.5, 0.6) is 0 Å². The molecule has 0 aliphatic carbocycles. The number of halogens is 3. The van der Waals surface area contributed by atoms with Gasteiger partial charge in [-0.2, -0.15) is 18.2 Å². The SMILES string of the molecule is CC(=O)Nc1nc(SCc2ccc(C(F)(F)F)cc2)nn1C(=O)OC(C)(C)C. The van der Waals surface area contributed by atoms with Crippen molar-refractivity contribution in [1.82, 2.24) is 14.8 Å². The molecule has 7 nitrogen and oxygen atoms in total. The lowest BCUT2D eigenvalue weighted by molar-refractivity contribution is -0.137. The summed E-state index contributed by atoms with van der Waals surface area (Å²) < 4.78 is 43.9. The van der Waals surface area contributed by atoms with Crippen LogP contribution in [-0.2, 0) is 21.5 Å². The Hall–Kier alpha value is -2.56. The Bertz CT molecular complexity index is 858. The molecule has 11 heteroatoms. The number of amides is 1. The van der Waals surface area contributed by atoms with E-state index in [1.165, 1.54) is 19.1 Å². The van der Waals surface area contributed by atoms with Crippen molar-refractivity contribution >= 4 is 29.7 Å². The van der Waals surface area contributed by atoms with Crippen molar-refractivity contribution in [3.8, 4) is 0 Å². The Labute approximate surface area is 163 Å². The summed E-state index contributed by atoms with van der Waals surface area (Å²) in [6.45, 7) is 6.30. The third kappa shape index (κ3) is 6.25. The number of nitrogens with one attached hydrogen (secondary N) is 1. The van der Waals surface area contributed by atoms with E-state index in [0.29, 0.717) is 5.56 Å². The van der Waals surface area contributed by atoms with Gasteiger partial charge in [0.05, 0.1) is 5.56 Å². The van der Waals surface area contributed by atoms with Crippen molar-refractivity contribution in [1.29, 1.82) is 0 Å². The first-order chi connectivity index (χ1) is 12.8. The van der Waals surface area contributed by atoms with Gasteiger partial charge in [-0.25, -0.2) is 4.79 Å². The molecule has 1 N–H and O–H groups in total. The molecule has 0 saturated heterocycles. The van der Waals surface area contributed by atoms with Crippen LogP contribution in [0, 0.1) is 0 Å². The smallest absolute Gasteiger partial charge is 0.438 e. The van der Waals surface area contributed by atoms with E-state index in [1.807, 2.05) is 0 Å². The molecule has 1 heterocycles. The lowest BCUT2D eigenvalue weighted by atomic mass is 10.1. The molecule has 28 heavy (non-hydrogen) atoms. The number of carbonyl (C=O) groups excluding carboxylic acids is 2. The second-order valence-corrected chi connectivity index (χ2v) is 7.72. The first-order valence-electron chi connectivity index (χ1n) is 8.12. The van der Waals surface area contributed by atoms with Gasteiger partial charge in [0.25, 0.3) is 0 Å². The van der Waals surface area contributed by atoms with Gasteiger partial charge in [-0.3, -0.25) is 10.1 Å². The number of benzene rings is 1. The van der Waals surface area contributed by atoms with Gasteiger partial charge in [-0.15, -0.1) is 9.78 Å². The zero-order valence-corrected chi connectivity index (χ0v) is 16.4. The predicted octanol–water partition coefficient (Wildman–Crippen LogP) is 4.33. The number of anilines is 1. The van der Waals surface area contributed by atoms with Crippen LogP contribution in [0.2, 0.25) is 0 Å². The molecule has 1 aromatic heterocycles. The summed E-state index contributed by atoms with van der Waals surface area (Å²) in [7, 11) is 0. The number of alkyl halides is 3. The Morgan fingerprint density at radius 3 is 2.29 bits per heavy atom. The number of hydrogen-bond donors (Lipinski definition) is 1. The van der Waals surface area contributed by atoms with Gasteiger partial charge in [-0.1, -0.05) is 23.9 Å². The van der Waals surface area contributed by atoms with Crippen molar-refractivity contribution < 1.29 is 27.5 Å². The summed E-state index contributed by atoms with van der Waals surface area (Å²) in [5.41, 5.74) is -0.890. The van der Waals surface area contributed by atoms with Crippen LogP contribution >= 0.6 is 11.8 Å². The predicted molar refractivity (Wildman–Crippen MR) is 97.0 cm³/mol. The summed E-state index contributed by atoms with van der Waals surface area (Å²) in [6.07, 6.45) is -5.21. The van der Waals surface area contributed by atoms with E-state index in [-0.39, 0.29) is 16.9 Å². The molecule has 0 aliphatic heterocycles. The van der Waals surface area contributed by atoms with E-state index in [9.17, 15) is 22.8 Å². The van der Waals surface area contributed by atoms with Crippen LogP contribution < -0.4 is 5.32 Å². The largest absolute Gasteiger partial charge is 0.442 e. The fraction of sp³-hybridized carbons (Fsp3) is 0.412. The molecular formula is C17H19F3N4O3S. The summed E-state index contributed by atoms with van der Waals surface area (Å²) in [5.74, 6) is -0.274. The third-order valence-electron chi connectivity index (χ3n) is 3.09. The van der Waals surface area contributed by atoms with Crippen LogP contribution in [0.4, 0.5) is 23.9 Å². The van der Waals surface area contributed by atoms with Gasteiger partial charge in [-0.05, 0) is 38.5 Å². The van der Waals surface area contributed by atoms with E-state index >= 15 is 0 Å². The van der Waals surface area contributed by atoms with Crippen molar-refractivity contribution in [3.05, 3.63) is 35.4 Å². The van der Waals surface area contributed by atoms with Crippen molar-refractivity contribution in [3.63, 3.8) is 0 Å². The van der Waals surface area contributed by atoms with Crippen LogP contribution in [0.25, 0.3) is 0 Å². The molecule has 2 rings (SSSR count). The van der Waals surface area contributed by atoms with Crippen LogP contribution in [0.3, 0.4) is 0 Å². The van der Waals surface area contributed by atoms with Crippen molar-refractivity contribution in [2.45, 2.75) is 50.4 Å². The highest BCUT2D eigenvalue weighted by molar-refractivity contribution is 7.98. The molecule has 1 aromatic carbocycles. The fourth-order valence-corrected chi connectivity index (χ4v) is 2.74. The average molecular weight is 416 g/mol. The number of ether oxygens (including phenoxy) is 1. The summed E-state index contributed by atoms with van der Waals surface area (Å²) in [6, 6.07) is 4.70. The molecule has 0 aliphatic rings. The maximum atomic E-state index is 12.6. The molecule has 0 fully saturated rings. The van der Waals surface area contributed by atoms with E-state index in [2.05, 4.69) is 15.4 Å². The molecule has 0 spiro atoms. The van der Waals surface area contributed by atoms with Crippen LogP contribution in [0.1, 0.15) is 38.8 Å². The van der Waals surface area contributed by atoms with Gasteiger partial charge < -0.3 is 4.74 Å². The summed E-state index contributed by atoms with van der Waals surface area (Å²) in [5, 5.41) is 6.57. The molecule has 1 amide bonds. The van der Waals surface area contributed by atoms with E-state index in [1.54, 1.807) is 20.8 Å². The maximum absolute atomic E-state index is 12.6. The zero-order valence-electron chi connectivity index (χ0n) is 15.6. The Morgan fingerprint density at radius 2 is 1.79 bits per heavy atom. The number of hydrogen-bond acceptors (Lipinski definition) is 6. The maximum Gasteiger partial charge on any atom is 0.438 e. The minimum absolute atomic E-state index is 0.100. The van der Waals surface area contributed by atoms with Gasteiger partial charge >= 0.3 is 12.3 Å². The number of aromatic nitrogens is 3. The number of thioether (sulfide) groups is 1. The molecular weight excluding hydrogens is 397 g/mol. The second kappa shape index (κ2) is 8.21. The number of carbonyl (C=O) groups is 2. The Balaban J connectivity index is 2.15. The standard InChI is InChI=1S/C17H19F3N4O3S/c1-10(25)21-13-22-14(23-24(13)15(26)27-16(2,3)4)28-9-11-5-7-12(8-6-11)17(18,19)20/h5-8H,9H2,1-4H3,(H,21,22,23,25). The van der Waals surface area contributed by atoms with Crippen LogP contribution in [0.15, 0.2) is 29.4 Å². The molecule has 152 valence electrons. The van der Waals surface area contributed by atoms with E-state index in [0.717, 1.165) is 28.6 Å². The molecule has 0 radical (unpaired) electrons. The molecule has 0 unspecified atom stereocenters. The summed E-state index contributed by atoms with van der Waals surface area (Å²) in [4.78, 5) is 27.7. The third-order valence-corrected chi connectivity index (χ3v) is 4.00. The second-order valence-electron chi connectivity index (χ2n) is 6.77. The highest BCUT2D eigenvalue weighted by Gasteiger charge is 2.30. The lowest BCUT2D eigenvalue weighted by Crippen LogP contribution is -2.29. The highest BCUT2D eigenvalue weighted by Crippen LogP contribution is 2.30. The average Bonchev–Trinajstić information content (AvgIpc) is 2.93. The quantitative estimate of drug-likeness (QED) is 0.747. The van der Waals surface area contributed by atoms with Gasteiger partial charge in [0.1, 0.15) is 5.60 Å². The van der Waals surface area contributed by atoms with E-state index in [4.69, 9.17) is 4.74 Å². The van der Waals surface area contributed by atoms with Crippen molar-refractivity contribution in [2.24, 2.45) is 0 Å². The Kier molecular flexibility index (Phi) is 6.37. The van der Waals surface area contributed by atoms with Gasteiger partial charge in [0.15, 0.2) is 0 Å². The minimum atomic E-state index is -4.40. The Morgan fingerprint density at radius 1 is 1.18 bits per heavy atom. The number of nitrogens with zero attached hydrogens (tertiary/aromatic N) is 3. The van der Waals surface area contributed by atoms with Crippen LogP contribution in [-0.4, -0.2) is 32.4 Å². The molecule has 0 bridgehead atoms. The monoisotopic (exact) mass is 416 g/mol. The van der Waals surface area contributed by atoms with E-state index < -0.39 is 29.3 Å². The zero-order chi connectivity index (χ0) is 21.1. The minimum Gasteiger partial charge on any atom is -0.442 e. The molecule has 2 aromatic rings. The number of rotatable bonds is 4. The van der Waals surface area contributed by atoms with Crippen molar-refractivity contribution in [2.75, 3.05) is 5.32 Å². The molecule has 0 atom stereocenters. The highest BCUT2D eigenvalue weighted by atomic mass is 32.2. The first-order valence-corrected chi connectivity index (χ1v) is 9.10.